The molecule has 0 heterocycles. The van der Waals surface area contributed by atoms with Crippen LogP contribution in [0.3, 0.4) is 0 Å². The molecule has 0 saturated heterocycles. The minimum absolute atomic E-state index is 0.208. The highest BCUT2D eigenvalue weighted by Crippen LogP contribution is 2.24. The second-order valence-corrected chi connectivity index (χ2v) is 4.24. The molecule has 0 aliphatic carbocycles. The van der Waals surface area contributed by atoms with Crippen molar-refractivity contribution in [2.45, 2.75) is 19.8 Å². The third-order valence-electron chi connectivity index (χ3n) is 1.94. The van der Waals surface area contributed by atoms with Gasteiger partial charge in [0, 0.05) is 16.5 Å². The molecule has 1 aromatic rings. The Labute approximate surface area is 111 Å². The van der Waals surface area contributed by atoms with Crippen molar-refractivity contribution in [2.75, 3.05) is 13.2 Å². The molecule has 0 atom stereocenters. The van der Waals surface area contributed by atoms with Crippen LogP contribution in [-0.4, -0.2) is 19.2 Å². The maximum absolute atomic E-state index is 11.0. The van der Waals surface area contributed by atoms with E-state index in [9.17, 15) is 4.79 Å². The summed E-state index contributed by atoms with van der Waals surface area (Å²) < 4.78 is 10.2. The monoisotopic (exact) mass is 276 g/mol. The first-order valence-corrected chi connectivity index (χ1v) is 6.12. The molecular formula is C12H14Cl2O3. The lowest BCUT2D eigenvalue weighted by Crippen LogP contribution is -2.06. The third kappa shape index (κ3) is 5.80. The van der Waals surface area contributed by atoms with E-state index in [1.807, 2.05) is 0 Å². The Balaban J connectivity index is 2.28. The van der Waals surface area contributed by atoms with Crippen LogP contribution in [-0.2, 0) is 9.53 Å². The summed E-state index contributed by atoms with van der Waals surface area (Å²) in [5.41, 5.74) is 0. The molecule has 0 fully saturated rings. The molecule has 0 unspecified atom stereocenters. The molecule has 0 aliphatic rings. The minimum atomic E-state index is -0.208. The van der Waals surface area contributed by atoms with Gasteiger partial charge in [-0.25, -0.2) is 0 Å². The lowest BCUT2D eigenvalue weighted by molar-refractivity contribution is -0.143. The van der Waals surface area contributed by atoms with Crippen molar-refractivity contribution in [3.8, 4) is 5.75 Å². The Kier molecular flexibility index (Phi) is 6.16. The van der Waals surface area contributed by atoms with Crippen molar-refractivity contribution in [1.29, 1.82) is 0 Å². The van der Waals surface area contributed by atoms with Crippen molar-refractivity contribution < 1.29 is 14.3 Å². The van der Waals surface area contributed by atoms with Gasteiger partial charge in [0.25, 0.3) is 0 Å². The van der Waals surface area contributed by atoms with Gasteiger partial charge in [0.15, 0.2) is 0 Å². The number of carbonyl (C=O) groups excluding carboxylic acids is 1. The van der Waals surface area contributed by atoms with Gasteiger partial charge in [-0.1, -0.05) is 23.2 Å². The SMILES string of the molecule is CCOC(=O)CCCOc1cc(Cl)cc(Cl)c1. The van der Waals surface area contributed by atoms with Crippen LogP contribution >= 0.6 is 23.2 Å². The molecule has 0 aromatic heterocycles. The number of esters is 1. The highest BCUT2D eigenvalue weighted by molar-refractivity contribution is 6.34. The minimum Gasteiger partial charge on any atom is -0.493 e. The van der Waals surface area contributed by atoms with Crippen molar-refractivity contribution >= 4 is 29.2 Å². The molecule has 0 spiro atoms. The van der Waals surface area contributed by atoms with Crippen LogP contribution in [0.2, 0.25) is 10.0 Å². The van der Waals surface area contributed by atoms with E-state index in [2.05, 4.69) is 0 Å². The number of halogens is 2. The predicted octanol–water partition coefficient (Wildman–Crippen LogP) is 3.72. The van der Waals surface area contributed by atoms with Gasteiger partial charge in [-0.3, -0.25) is 4.79 Å². The van der Waals surface area contributed by atoms with Crippen LogP contribution in [0.4, 0.5) is 0 Å². The molecule has 1 rings (SSSR count). The number of carbonyl (C=O) groups is 1. The fourth-order valence-electron chi connectivity index (χ4n) is 1.25. The Bertz CT molecular complexity index is 360. The normalized spacial score (nSPS) is 10.1. The maximum Gasteiger partial charge on any atom is 0.305 e. The molecule has 0 N–H and O–H groups in total. The lowest BCUT2D eigenvalue weighted by Gasteiger charge is -2.06. The fraction of sp³-hybridized carbons (Fsp3) is 0.417. The van der Waals surface area contributed by atoms with E-state index in [4.69, 9.17) is 32.7 Å². The van der Waals surface area contributed by atoms with E-state index in [1.54, 1.807) is 25.1 Å². The summed E-state index contributed by atoms with van der Waals surface area (Å²) in [5.74, 6) is 0.395. The number of hydrogen-bond donors (Lipinski definition) is 0. The topological polar surface area (TPSA) is 35.5 Å². The molecule has 0 amide bonds. The van der Waals surface area contributed by atoms with Crippen molar-refractivity contribution in [1.82, 2.24) is 0 Å². The summed E-state index contributed by atoms with van der Waals surface area (Å²) in [6.45, 7) is 2.61. The van der Waals surface area contributed by atoms with Gasteiger partial charge in [0.1, 0.15) is 5.75 Å². The van der Waals surface area contributed by atoms with Crippen LogP contribution in [0.5, 0.6) is 5.75 Å². The summed E-state index contributed by atoms with van der Waals surface area (Å²) in [7, 11) is 0. The maximum atomic E-state index is 11.0. The summed E-state index contributed by atoms with van der Waals surface area (Å²) in [4.78, 5) is 11.0. The Morgan fingerprint density at radius 3 is 2.47 bits per heavy atom. The number of benzene rings is 1. The molecular weight excluding hydrogens is 263 g/mol. The van der Waals surface area contributed by atoms with E-state index >= 15 is 0 Å². The molecule has 0 aliphatic heterocycles. The highest BCUT2D eigenvalue weighted by atomic mass is 35.5. The number of rotatable bonds is 6. The van der Waals surface area contributed by atoms with E-state index in [0.717, 1.165) is 0 Å². The van der Waals surface area contributed by atoms with Gasteiger partial charge in [0.05, 0.1) is 13.2 Å². The second kappa shape index (κ2) is 7.41. The van der Waals surface area contributed by atoms with Crippen LogP contribution in [0.25, 0.3) is 0 Å². The molecule has 0 radical (unpaired) electrons. The van der Waals surface area contributed by atoms with Crippen LogP contribution < -0.4 is 4.74 Å². The molecule has 17 heavy (non-hydrogen) atoms. The van der Waals surface area contributed by atoms with Crippen LogP contribution in [0.15, 0.2) is 18.2 Å². The van der Waals surface area contributed by atoms with Gasteiger partial charge in [-0.2, -0.15) is 0 Å². The third-order valence-corrected chi connectivity index (χ3v) is 2.37. The molecule has 3 nitrogen and oxygen atoms in total. The zero-order valence-corrected chi connectivity index (χ0v) is 11.1. The van der Waals surface area contributed by atoms with Gasteiger partial charge in [0.2, 0.25) is 0 Å². The fourth-order valence-corrected chi connectivity index (χ4v) is 1.76. The Morgan fingerprint density at radius 2 is 1.88 bits per heavy atom. The lowest BCUT2D eigenvalue weighted by atomic mass is 10.3. The second-order valence-electron chi connectivity index (χ2n) is 3.36. The summed E-state index contributed by atoms with van der Waals surface area (Å²) in [5, 5.41) is 1.05. The van der Waals surface area contributed by atoms with Gasteiger partial charge >= 0.3 is 5.97 Å². The van der Waals surface area contributed by atoms with Crippen molar-refractivity contribution in [3.63, 3.8) is 0 Å². The van der Waals surface area contributed by atoms with Crippen LogP contribution in [0, 0.1) is 0 Å². The molecule has 5 heteroatoms. The number of hydrogen-bond acceptors (Lipinski definition) is 3. The highest BCUT2D eigenvalue weighted by Gasteiger charge is 2.02. The average molecular weight is 277 g/mol. The quantitative estimate of drug-likeness (QED) is 0.587. The standard InChI is InChI=1S/C12H14Cl2O3/c1-2-16-12(15)4-3-5-17-11-7-9(13)6-10(14)8-11/h6-8H,2-5H2,1H3. The van der Waals surface area contributed by atoms with E-state index in [1.165, 1.54) is 0 Å². The first-order chi connectivity index (χ1) is 8.11. The van der Waals surface area contributed by atoms with Gasteiger partial charge in [-0.15, -0.1) is 0 Å². The average Bonchev–Trinajstić information content (AvgIpc) is 2.23. The van der Waals surface area contributed by atoms with E-state index < -0.39 is 0 Å². The van der Waals surface area contributed by atoms with E-state index in [-0.39, 0.29) is 5.97 Å². The molecule has 94 valence electrons. The first-order valence-electron chi connectivity index (χ1n) is 5.36. The molecule has 0 bridgehead atoms. The smallest absolute Gasteiger partial charge is 0.305 e. The first kappa shape index (κ1) is 14.1. The van der Waals surface area contributed by atoms with Gasteiger partial charge < -0.3 is 9.47 Å². The molecule has 0 saturated carbocycles. The number of ether oxygens (including phenoxy) is 2. The Hall–Kier alpha value is -0.930. The summed E-state index contributed by atoms with van der Waals surface area (Å²) in [6, 6.07) is 4.99. The largest absolute Gasteiger partial charge is 0.493 e. The van der Waals surface area contributed by atoms with E-state index in [0.29, 0.717) is 41.9 Å². The van der Waals surface area contributed by atoms with Gasteiger partial charge in [-0.05, 0) is 31.5 Å². The Morgan fingerprint density at radius 1 is 1.24 bits per heavy atom. The zero-order chi connectivity index (χ0) is 12.7. The zero-order valence-electron chi connectivity index (χ0n) is 9.54. The molecule has 1 aromatic carbocycles. The van der Waals surface area contributed by atoms with Crippen LogP contribution in [0.1, 0.15) is 19.8 Å². The summed E-state index contributed by atoms with van der Waals surface area (Å²) in [6.07, 6.45) is 0.950. The van der Waals surface area contributed by atoms with Crippen molar-refractivity contribution in [3.05, 3.63) is 28.2 Å². The predicted molar refractivity (Wildman–Crippen MR) is 67.8 cm³/mol. The summed E-state index contributed by atoms with van der Waals surface area (Å²) >= 11 is 11.6. The van der Waals surface area contributed by atoms with Crippen molar-refractivity contribution in [2.24, 2.45) is 0 Å².